The second kappa shape index (κ2) is 8.69. The number of nitrogens with one attached hydrogen (secondary N) is 1. The summed E-state index contributed by atoms with van der Waals surface area (Å²) in [6.45, 7) is 5.28. The maximum Gasteiger partial charge on any atom is 0.319 e. The molecule has 8 heterocycles. The van der Waals surface area contributed by atoms with E-state index in [2.05, 4.69) is 28.1 Å². The Labute approximate surface area is 254 Å². The van der Waals surface area contributed by atoms with Gasteiger partial charge in [0.1, 0.15) is 36.3 Å². The van der Waals surface area contributed by atoms with Gasteiger partial charge in [-0.15, -0.1) is 0 Å². The zero-order chi connectivity index (χ0) is 29.4. The third-order valence-electron chi connectivity index (χ3n) is 11.6. The fraction of sp³-hybridized carbons (Fsp3) is 0.500. The highest BCUT2D eigenvalue weighted by Gasteiger charge is 2.76. The predicted octanol–water partition coefficient (Wildman–Crippen LogP) is 4.38. The molecule has 2 aromatic heterocycles. The minimum atomic E-state index is -0.821. The molecular formula is C34H35FN6O3. The van der Waals surface area contributed by atoms with E-state index in [1.54, 1.807) is 12.1 Å². The van der Waals surface area contributed by atoms with Crippen molar-refractivity contribution >= 4 is 27.5 Å². The normalized spacial score (nSPS) is 32.9. The second-order valence-corrected chi connectivity index (χ2v) is 13.8. The number of anilines is 1. The number of pyridine rings is 1. The highest BCUT2D eigenvalue weighted by Crippen LogP contribution is 2.61. The molecule has 44 heavy (non-hydrogen) atoms. The third kappa shape index (κ3) is 3.33. The number of fused-ring (bicyclic) bond motifs is 2. The molecule has 226 valence electrons. The molecule has 2 N–H and O–H groups in total. The van der Waals surface area contributed by atoms with Crippen LogP contribution < -0.4 is 19.7 Å². The van der Waals surface area contributed by atoms with Gasteiger partial charge in [0.15, 0.2) is 0 Å². The number of phenols is 1. The van der Waals surface area contributed by atoms with E-state index in [0.717, 1.165) is 66.3 Å². The van der Waals surface area contributed by atoms with Crippen molar-refractivity contribution in [2.45, 2.75) is 68.4 Å². The van der Waals surface area contributed by atoms with E-state index < -0.39 is 6.17 Å². The van der Waals surface area contributed by atoms with Crippen molar-refractivity contribution in [2.75, 3.05) is 37.7 Å². The van der Waals surface area contributed by atoms with Gasteiger partial charge in [-0.2, -0.15) is 9.97 Å². The maximum atomic E-state index is 14.5. The number of aromatic hydroxyl groups is 1. The summed E-state index contributed by atoms with van der Waals surface area (Å²) < 4.78 is 27.6. The van der Waals surface area contributed by atoms with Crippen LogP contribution in [0.5, 0.6) is 17.6 Å². The monoisotopic (exact) mass is 594 g/mol. The van der Waals surface area contributed by atoms with E-state index in [9.17, 15) is 9.50 Å². The number of aromatic nitrogens is 3. The minimum absolute atomic E-state index is 0.158. The largest absolute Gasteiger partial charge is 0.508 e. The molecule has 2 unspecified atom stereocenters. The Balaban J connectivity index is 1.15. The average molecular weight is 595 g/mol. The van der Waals surface area contributed by atoms with Crippen molar-refractivity contribution in [3.8, 4) is 28.9 Å². The number of phenolic OH excluding ortho intramolecular Hbond substituents is 1. The molecule has 11 rings (SSSR count). The molecule has 1 aliphatic carbocycles. The Morgan fingerprint density at radius 3 is 2.95 bits per heavy atom. The van der Waals surface area contributed by atoms with E-state index in [0.29, 0.717) is 67.3 Å². The molecule has 1 spiro atoms. The standard InChI is InChI=1S/C34H35FN6O3/c1-2-18-5-3-6-19-9-22(42)11-23(27(18)19)25-12-26-28-30(39-32(38-26)44-16-33-7-4-8-40(33)14-20(35)13-33)41-15-21-10-24-29(36-21)34(24,41)17-43-31(28)37-25/h3,5-6,9,11-12,20-21,24,29,36,42H,2,4,7-8,10,13-17H2,1H3/t20-,21?,24?,29+,33+,34-/m1/s1. The molecule has 0 amide bonds. The summed E-state index contributed by atoms with van der Waals surface area (Å²) in [6, 6.07) is 12.9. The highest BCUT2D eigenvalue weighted by atomic mass is 19.1. The molecule has 9 nitrogen and oxygen atoms in total. The quantitative estimate of drug-likeness (QED) is 0.349. The van der Waals surface area contributed by atoms with Gasteiger partial charge < -0.3 is 24.8 Å². The first-order chi connectivity index (χ1) is 21.5. The molecule has 6 aliphatic heterocycles. The van der Waals surface area contributed by atoms with Gasteiger partial charge >= 0.3 is 6.01 Å². The van der Waals surface area contributed by atoms with E-state index >= 15 is 0 Å². The summed E-state index contributed by atoms with van der Waals surface area (Å²) in [6.07, 6.45) is 3.66. The number of nitrogens with zero attached hydrogens (tertiary/aromatic N) is 5. The molecule has 5 saturated heterocycles. The Bertz CT molecular complexity index is 1870. The number of hydrogen-bond donors (Lipinski definition) is 2. The number of benzene rings is 2. The summed E-state index contributed by atoms with van der Waals surface area (Å²) in [5.41, 5.74) is 2.97. The Kier molecular flexibility index (Phi) is 5.05. The summed E-state index contributed by atoms with van der Waals surface area (Å²) in [4.78, 5) is 19.9. The Morgan fingerprint density at radius 2 is 2.09 bits per heavy atom. The Hall–Kier alpha value is -3.76. The van der Waals surface area contributed by atoms with Crippen LogP contribution in [0.4, 0.5) is 10.2 Å². The molecule has 4 bridgehead atoms. The van der Waals surface area contributed by atoms with Crippen LogP contribution in [-0.4, -0.2) is 87.1 Å². The maximum absolute atomic E-state index is 14.5. The van der Waals surface area contributed by atoms with E-state index in [1.807, 2.05) is 18.2 Å². The number of ether oxygens (including phenoxy) is 2. The fourth-order valence-corrected chi connectivity index (χ4v) is 9.58. The van der Waals surface area contributed by atoms with E-state index in [-0.39, 0.29) is 16.8 Å². The molecule has 10 heteroatoms. The number of piperidine rings is 2. The molecule has 1 saturated carbocycles. The van der Waals surface area contributed by atoms with Gasteiger partial charge in [0, 0.05) is 43.1 Å². The van der Waals surface area contributed by atoms with Crippen LogP contribution in [-0.2, 0) is 6.42 Å². The Morgan fingerprint density at radius 1 is 1.16 bits per heavy atom. The van der Waals surface area contributed by atoms with E-state index in [4.69, 9.17) is 24.4 Å². The zero-order valence-electron chi connectivity index (χ0n) is 24.7. The lowest BCUT2D eigenvalue weighted by atomic mass is 9.95. The second-order valence-electron chi connectivity index (χ2n) is 13.8. The lowest BCUT2D eigenvalue weighted by molar-refractivity contribution is 0.107. The van der Waals surface area contributed by atoms with Crippen LogP contribution in [0, 0.1) is 5.92 Å². The summed E-state index contributed by atoms with van der Waals surface area (Å²) in [5, 5.41) is 17.4. The van der Waals surface area contributed by atoms with Gasteiger partial charge in [-0.05, 0) is 66.8 Å². The molecule has 6 fully saturated rings. The fourth-order valence-electron chi connectivity index (χ4n) is 9.58. The summed E-state index contributed by atoms with van der Waals surface area (Å²) in [5.74, 6) is 2.04. The molecule has 2 aromatic carbocycles. The van der Waals surface area contributed by atoms with Crippen LogP contribution in [0.25, 0.3) is 32.9 Å². The van der Waals surface area contributed by atoms with Gasteiger partial charge in [0.05, 0.1) is 22.3 Å². The van der Waals surface area contributed by atoms with Gasteiger partial charge in [-0.1, -0.05) is 25.1 Å². The van der Waals surface area contributed by atoms with Crippen molar-refractivity contribution in [3.05, 3.63) is 42.0 Å². The van der Waals surface area contributed by atoms with Crippen LogP contribution in [0.2, 0.25) is 0 Å². The van der Waals surface area contributed by atoms with Crippen molar-refractivity contribution in [3.63, 3.8) is 0 Å². The summed E-state index contributed by atoms with van der Waals surface area (Å²) in [7, 11) is 0. The molecule has 0 radical (unpaired) electrons. The number of halogens is 1. The number of hydrogen-bond acceptors (Lipinski definition) is 9. The minimum Gasteiger partial charge on any atom is -0.508 e. The smallest absolute Gasteiger partial charge is 0.319 e. The molecule has 6 atom stereocenters. The summed E-state index contributed by atoms with van der Waals surface area (Å²) >= 11 is 0. The lowest BCUT2D eigenvalue weighted by Crippen LogP contribution is -2.60. The number of rotatable bonds is 5. The van der Waals surface area contributed by atoms with Crippen LogP contribution in [0.1, 0.15) is 38.2 Å². The zero-order valence-corrected chi connectivity index (χ0v) is 24.7. The van der Waals surface area contributed by atoms with Crippen LogP contribution >= 0.6 is 0 Å². The van der Waals surface area contributed by atoms with Crippen molar-refractivity contribution in [1.82, 2.24) is 25.2 Å². The van der Waals surface area contributed by atoms with Crippen LogP contribution in [0.15, 0.2) is 36.4 Å². The first kappa shape index (κ1) is 25.6. The first-order valence-electron chi connectivity index (χ1n) is 16.1. The molecule has 7 aliphatic rings. The van der Waals surface area contributed by atoms with Crippen molar-refractivity contribution < 1.29 is 19.0 Å². The van der Waals surface area contributed by atoms with Gasteiger partial charge in [-0.25, -0.2) is 9.37 Å². The van der Waals surface area contributed by atoms with E-state index in [1.165, 1.54) is 5.56 Å². The van der Waals surface area contributed by atoms with Crippen molar-refractivity contribution in [2.24, 2.45) is 5.92 Å². The van der Waals surface area contributed by atoms with Gasteiger partial charge in [0.2, 0.25) is 5.88 Å². The van der Waals surface area contributed by atoms with Crippen molar-refractivity contribution in [1.29, 1.82) is 0 Å². The van der Waals surface area contributed by atoms with Gasteiger partial charge in [-0.3, -0.25) is 4.90 Å². The van der Waals surface area contributed by atoms with Gasteiger partial charge in [0.25, 0.3) is 0 Å². The topological polar surface area (TPSA) is 95.9 Å². The SMILES string of the molecule is CCc1cccc2cc(O)cc(-c3cc4nc(OC[C@@]56CCCN5C[C@H](F)C6)nc5c4c(n3)OC[C@]34C6CC(CN53)N[C@@H]64)c12. The van der Waals surface area contributed by atoms with Crippen LogP contribution in [0.3, 0.4) is 0 Å². The predicted molar refractivity (Wildman–Crippen MR) is 164 cm³/mol. The highest BCUT2D eigenvalue weighted by molar-refractivity contribution is 6.03. The number of piperazine rings is 1. The molecule has 4 aromatic rings. The molecular weight excluding hydrogens is 559 g/mol. The number of alkyl halides is 1. The lowest BCUT2D eigenvalue weighted by Gasteiger charge is -2.42. The average Bonchev–Trinajstić information content (AvgIpc) is 3.26. The first-order valence-corrected chi connectivity index (χ1v) is 16.1. The number of aryl methyl sites for hydroxylation is 1. The third-order valence-corrected chi connectivity index (χ3v) is 11.6.